The molecule has 21 heavy (non-hydrogen) atoms. The normalized spacial score (nSPS) is 11.3. The maximum atomic E-state index is 11.7. The van der Waals surface area contributed by atoms with Gasteiger partial charge in [0.25, 0.3) is 0 Å². The van der Waals surface area contributed by atoms with Crippen LogP contribution in [0.25, 0.3) is 10.9 Å². The number of pyridine rings is 1. The minimum absolute atomic E-state index is 0.513. The van der Waals surface area contributed by atoms with E-state index in [0.717, 1.165) is 15.4 Å². The number of nitrogens with zero attached hydrogens (tertiary/aromatic N) is 2. The molecule has 0 atom stereocenters. The van der Waals surface area contributed by atoms with Gasteiger partial charge in [-0.1, -0.05) is 22.0 Å². The fourth-order valence-corrected chi connectivity index (χ4v) is 2.11. The third-order valence-electron chi connectivity index (χ3n) is 2.64. The van der Waals surface area contributed by atoms with Crippen molar-refractivity contribution in [2.75, 3.05) is 12.1 Å². The number of hydrazine groups is 1. The predicted molar refractivity (Wildman–Crippen MR) is 87.2 cm³/mol. The molecule has 112 valence electrons. The SMILES string of the molecule is CN(NC(=O)OC(C)(C)C)c1ccc2ccc(Br)cc2n1. The van der Waals surface area contributed by atoms with Crippen molar-refractivity contribution in [2.24, 2.45) is 0 Å². The summed E-state index contributed by atoms with van der Waals surface area (Å²) < 4.78 is 6.17. The smallest absolute Gasteiger partial charge is 0.426 e. The number of nitrogens with one attached hydrogen (secondary N) is 1. The molecule has 6 heteroatoms. The number of rotatable bonds is 2. The second-order valence-electron chi connectivity index (χ2n) is 5.68. The molecule has 0 spiro atoms. The summed E-state index contributed by atoms with van der Waals surface area (Å²) in [5.74, 6) is 0.631. The largest absolute Gasteiger partial charge is 0.443 e. The van der Waals surface area contributed by atoms with Gasteiger partial charge in [-0.15, -0.1) is 0 Å². The molecular formula is C15H18BrN3O2. The van der Waals surface area contributed by atoms with Crippen LogP contribution in [-0.2, 0) is 4.74 Å². The van der Waals surface area contributed by atoms with Crippen LogP contribution in [0.2, 0.25) is 0 Å². The summed E-state index contributed by atoms with van der Waals surface area (Å²) in [4.78, 5) is 16.3. The van der Waals surface area contributed by atoms with Crippen LogP contribution in [0.3, 0.4) is 0 Å². The molecule has 0 aliphatic carbocycles. The first-order chi connectivity index (χ1) is 9.74. The molecule has 0 bridgehead atoms. The van der Waals surface area contributed by atoms with Crippen molar-refractivity contribution in [3.8, 4) is 0 Å². The van der Waals surface area contributed by atoms with Crippen molar-refractivity contribution in [1.82, 2.24) is 10.4 Å². The molecule has 0 aliphatic heterocycles. The van der Waals surface area contributed by atoms with Crippen LogP contribution in [-0.4, -0.2) is 23.7 Å². The second-order valence-corrected chi connectivity index (χ2v) is 6.59. The Labute approximate surface area is 132 Å². The highest BCUT2D eigenvalue weighted by atomic mass is 79.9. The maximum absolute atomic E-state index is 11.7. The summed E-state index contributed by atoms with van der Waals surface area (Å²) in [5.41, 5.74) is 2.94. The molecule has 0 unspecified atom stereocenters. The standard InChI is InChI=1S/C15H18BrN3O2/c1-15(2,3)21-14(20)18-19(4)13-8-6-10-5-7-11(16)9-12(10)17-13/h5-9H,1-4H3,(H,18,20). The summed E-state index contributed by atoms with van der Waals surface area (Å²) in [5, 5.41) is 2.57. The number of benzene rings is 1. The number of carbonyl (C=O) groups is 1. The van der Waals surface area contributed by atoms with Crippen molar-refractivity contribution >= 4 is 38.7 Å². The van der Waals surface area contributed by atoms with Crippen molar-refractivity contribution in [2.45, 2.75) is 26.4 Å². The summed E-state index contributed by atoms with van der Waals surface area (Å²) in [6.07, 6.45) is -0.513. The molecule has 0 radical (unpaired) electrons. The van der Waals surface area contributed by atoms with Crippen LogP contribution >= 0.6 is 15.9 Å². The van der Waals surface area contributed by atoms with Crippen LogP contribution < -0.4 is 10.4 Å². The lowest BCUT2D eigenvalue weighted by atomic mass is 10.2. The molecule has 1 amide bonds. The van der Waals surface area contributed by atoms with Gasteiger partial charge in [0.1, 0.15) is 11.4 Å². The summed E-state index contributed by atoms with van der Waals surface area (Å²) in [6, 6.07) is 9.68. The summed E-state index contributed by atoms with van der Waals surface area (Å²) >= 11 is 3.42. The predicted octanol–water partition coefficient (Wildman–Crippen LogP) is 3.87. The Hall–Kier alpha value is -1.82. The van der Waals surface area contributed by atoms with Gasteiger partial charge in [0.2, 0.25) is 0 Å². The molecular weight excluding hydrogens is 334 g/mol. The Morgan fingerprint density at radius 2 is 1.95 bits per heavy atom. The van der Waals surface area contributed by atoms with Crippen LogP contribution in [0, 0.1) is 0 Å². The van der Waals surface area contributed by atoms with Gasteiger partial charge in [0.05, 0.1) is 5.52 Å². The number of hydrogen-bond donors (Lipinski definition) is 1. The molecule has 0 saturated heterocycles. The molecule has 0 fully saturated rings. The van der Waals surface area contributed by atoms with Crippen molar-refractivity contribution in [1.29, 1.82) is 0 Å². The van der Waals surface area contributed by atoms with Crippen LogP contribution in [0.4, 0.5) is 10.6 Å². The average Bonchev–Trinajstić information content (AvgIpc) is 2.35. The topological polar surface area (TPSA) is 54.5 Å². The van der Waals surface area contributed by atoms with E-state index in [2.05, 4.69) is 26.3 Å². The number of hydrogen-bond acceptors (Lipinski definition) is 4. The van der Waals surface area contributed by atoms with Crippen LogP contribution in [0.1, 0.15) is 20.8 Å². The molecule has 2 aromatic rings. The quantitative estimate of drug-likeness (QED) is 0.834. The highest BCUT2D eigenvalue weighted by Crippen LogP contribution is 2.20. The van der Waals surface area contributed by atoms with Crippen LogP contribution in [0.5, 0.6) is 0 Å². The van der Waals surface area contributed by atoms with Gasteiger partial charge in [-0.2, -0.15) is 0 Å². The van der Waals surface area contributed by atoms with Crippen LogP contribution in [0.15, 0.2) is 34.8 Å². The van der Waals surface area contributed by atoms with E-state index in [1.54, 1.807) is 7.05 Å². The summed E-state index contributed by atoms with van der Waals surface area (Å²) in [7, 11) is 1.72. The highest BCUT2D eigenvalue weighted by molar-refractivity contribution is 9.10. The molecule has 1 N–H and O–H groups in total. The Morgan fingerprint density at radius 3 is 2.62 bits per heavy atom. The fraction of sp³-hybridized carbons (Fsp3) is 0.333. The van der Waals surface area contributed by atoms with E-state index in [0.29, 0.717) is 5.82 Å². The van der Waals surface area contributed by atoms with Crippen molar-refractivity contribution in [3.63, 3.8) is 0 Å². The molecule has 0 aliphatic rings. The van der Waals surface area contributed by atoms with E-state index < -0.39 is 11.7 Å². The lowest BCUT2D eigenvalue weighted by Crippen LogP contribution is -2.43. The average molecular weight is 352 g/mol. The number of aromatic nitrogens is 1. The van der Waals surface area contributed by atoms with E-state index >= 15 is 0 Å². The Morgan fingerprint density at radius 1 is 1.29 bits per heavy atom. The first-order valence-corrected chi connectivity index (χ1v) is 7.33. The van der Waals surface area contributed by atoms with E-state index in [4.69, 9.17) is 4.74 Å². The van der Waals surface area contributed by atoms with Crippen molar-refractivity contribution in [3.05, 3.63) is 34.8 Å². The zero-order chi connectivity index (χ0) is 15.6. The third kappa shape index (κ3) is 4.32. The zero-order valence-corrected chi connectivity index (χ0v) is 14.1. The van der Waals surface area contributed by atoms with Gasteiger partial charge < -0.3 is 4.74 Å². The Balaban J connectivity index is 2.15. The lowest BCUT2D eigenvalue weighted by Gasteiger charge is -2.24. The second kappa shape index (κ2) is 5.89. The molecule has 2 rings (SSSR count). The van der Waals surface area contributed by atoms with Gasteiger partial charge in [-0.3, -0.25) is 5.01 Å². The minimum atomic E-state index is -0.535. The van der Waals surface area contributed by atoms with Gasteiger partial charge in [-0.25, -0.2) is 15.2 Å². The number of halogens is 1. The van der Waals surface area contributed by atoms with Gasteiger partial charge in [0.15, 0.2) is 0 Å². The zero-order valence-electron chi connectivity index (χ0n) is 12.5. The Bertz CT molecular complexity index is 668. The molecule has 1 aromatic carbocycles. The molecule has 0 saturated carbocycles. The fourth-order valence-electron chi connectivity index (χ4n) is 1.76. The van der Waals surface area contributed by atoms with E-state index in [1.807, 2.05) is 51.1 Å². The Kier molecular flexibility index (Phi) is 4.37. The maximum Gasteiger partial charge on any atom is 0.426 e. The minimum Gasteiger partial charge on any atom is -0.443 e. The van der Waals surface area contributed by atoms with E-state index in [9.17, 15) is 4.79 Å². The van der Waals surface area contributed by atoms with E-state index in [-0.39, 0.29) is 0 Å². The number of carbonyl (C=O) groups excluding carboxylic acids is 1. The lowest BCUT2D eigenvalue weighted by molar-refractivity contribution is 0.0524. The van der Waals surface area contributed by atoms with Gasteiger partial charge in [-0.05, 0) is 45.0 Å². The number of fused-ring (bicyclic) bond motifs is 1. The monoisotopic (exact) mass is 351 g/mol. The van der Waals surface area contributed by atoms with Crippen molar-refractivity contribution < 1.29 is 9.53 Å². The molecule has 5 nitrogen and oxygen atoms in total. The molecule has 1 heterocycles. The summed E-state index contributed by atoms with van der Waals surface area (Å²) in [6.45, 7) is 5.45. The number of ether oxygens (including phenoxy) is 1. The first-order valence-electron chi connectivity index (χ1n) is 6.54. The highest BCUT2D eigenvalue weighted by Gasteiger charge is 2.17. The molecule has 1 aromatic heterocycles. The third-order valence-corrected chi connectivity index (χ3v) is 3.13. The van der Waals surface area contributed by atoms with E-state index in [1.165, 1.54) is 5.01 Å². The number of amides is 1. The van der Waals surface area contributed by atoms with Gasteiger partial charge >= 0.3 is 6.09 Å². The van der Waals surface area contributed by atoms with Gasteiger partial charge in [0, 0.05) is 16.9 Å². The first kappa shape index (κ1) is 15.6. The number of anilines is 1.